The molecule has 0 radical (unpaired) electrons. The number of aryl methyl sites for hydroxylation is 1. The Morgan fingerprint density at radius 3 is 2.80 bits per heavy atom. The summed E-state index contributed by atoms with van der Waals surface area (Å²) in [6.45, 7) is 2.11. The number of aliphatic hydroxyl groups is 1. The molecule has 2 aromatic carbocycles. The summed E-state index contributed by atoms with van der Waals surface area (Å²) in [6.07, 6.45) is 1.78. The number of carbonyl (C=O) groups is 1. The molecule has 1 aromatic heterocycles. The van der Waals surface area contributed by atoms with Crippen molar-refractivity contribution < 1.29 is 14.6 Å². The van der Waals surface area contributed by atoms with Crippen LogP contribution in [0.15, 0.2) is 42.6 Å². The maximum atomic E-state index is 12.9. The summed E-state index contributed by atoms with van der Waals surface area (Å²) >= 11 is 13.5. The zero-order valence-electron chi connectivity index (χ0n) is 15.8. The average Bonchev–Trinajstić information content (AvgIpc) is 3.15. The largest absolute Gasteiger partial charge is 0.488 e. The topological polar surface area (TPSA) is 74.7 Å². The fourth-order valence-corrected chi connectivity index (χ4v) is 4.26. The Balaban J connectivity index is 0.00000256. The fourth-order valence-electron chi connectivity index (χ4n) is 3.12. The van der Waals surface area contributed by atoms with Gasteiger partial charge in [-0.15, -0.1) is 23.7 Å². The van der Waals surface area contributed by atoms with E-state index in [1.807, 2.05) is 17.9 Å². The number of aliphatic hydroxyl groups excluding tert-OH is 1. The van der Waals surface area contributed by atoms with Crippen LogP contribution >= 0.6 is 46.9 Å². The third-order valence-electron chi connectivity index (χ3n) is 4.49. The number of fused-ring (bicyclic) bond motifs is 1. The van der Waals surface area contributed by atoms with E-state index in [0.29, 0.717) is 32.7 Å². The predicted molar refractivity (Wildman–Crippen MR) is 123 cm³/mol. The normalized spacial score (nSPS) is 15.1. The van der Waals surface area contributed by atoms with E-state index in [2.05, 4.69) is 10.3 Å². The number of rotatable bonds is 4. The second-order valence-electron chi connectivity index (χ2n) is 6.51. The lowest BCUT2D eigenvalue weighted by molar-refractivity contribution is 0.102. The van der Waals surface area contributed by atoms with E-state index in [4.69, 9.17) is 27.9 Å². The van der Waals surface area contributed by atoms with E-state index in [-0.39, 0.29) is 37.6 Å². The molecule has 0 fully saturated rings. The Morgan fingerprint density at radius 1 is 1.33 bits per heavy atom. The Bertz CT molecular complexity index is 1080. The lowest BCUT2D eigenvalue weighted by Crippen LogP contribution is -2.42. The molecule has 2 N–H and O–H groups in total. The van der Waals surface area contributed by atoms with Gasteiger partial charge in [0.05, 0.1) is 33.9 Å². The van der Waals surface area contributed by atoms with Crippen molar-refractivity contribution in [3.8, 4) is 5.75 Å². The molecule has 0 spiro atoms. The third-order valence-corrected chi connectivity index (χ3v) is 6.14. The molecule has 0 saturated heterocycles. The number of hydrogen-bond acceptors (Lipinski definition) is 6. The Morgan fingerprint density at radius 2 is 2.13 bits per heavy atom. The molecule has 0 bridgehead atoms. The number of aromatic nitrogens is 1. The minimum Gasteiger partial charge on any atom is -0.488 e. The molecular formula is C20H18Cl3N3O3S. The molecule has 2 heterocycles. The van der Waals surface area contributed by atoms with Crippen LogP contribution in [0.1, 0.15) is 15.2 Å². The smallest absolute Gasteiger partial charge is 0.259 e. The second-order valence-corrected chi connectivity index (χ2v) is 8.54. The van der Waals surface area contributed by atoms with Crippen LogP contribution in [0.2, 0.25) is 10.0 Å². The maximum Gasteiger partial charge on any atom is 0.259 e. The third kappa shape index (κ3) is 4.36. The van der Waals surface area contributed by atoms with E-state index in [1.54, 1.807) is 36.5 Å². The van der Waals surface area contributed by atoms with Crippen LogP contribution in [0.4, 0.5) is 16.5 Å². The van der Waals surface area contributed by atoms with Gasteiger partial charge in [-0.1, -0.05) is 29.3 Å². The van der Waals surface area contributed by atoms with Crippen LogP contribution in [0.5, 0.6) is 5.75 Å². The van der Waals surface area contributed by atoms with Crippen LogP contribution in [-0.2, 0) is 0 Å². The van der Waals surface area contributed by atoms with Gasteiger partial charge in [0.25, 0.3) is 5.91 Å². The predicted octanol–water partition coefficient (Wildman–Crippen LogP) is 5.32. The highest BCUT2D eigenvalue weighted by Crippen LogP contribution is 2.42. The molecule has 4 rings (SSSR count). The number of carbonyl (C=O) groups excluding carboxylic acids is 1. The molecule has 6 nitrogen and oxygen atoms in total. The molecule has 1 atom stereocenters. The summed E-state index contributed by atoms with van der Waals surface area (Å²) in [7, 11) is 0. The van der Waals surface area contributed by atoms with Crippen LogP contribution in [0.25, 0.3) is 0 Å². The number of para-hydroxylation sites is 1. The van der Waals surface area contributed by atoms with E-state index in [9.17, 15) is 9.90 Å². The van der Waals surface area contributed by atoms with Crippen molar-refractivity contribution in [2.24, 2.45) is 0 Å². The van der Waals surface area contributed by atoms with Crippen LogP contribution in [-0.4, -0.2) is 35.3 Å². The van der Waals surface area contributed by atoms with Crippen LogP contribution < -0.4 is 15.0 Å². The van der Waals surface area contributed by atoms with Gasteiger partial charge in [0.15, 0.2) is 10.9 Å². The van der Waals surface area contributed by atoms with Crippen LogP contribution in [0.3, 0.4) is 0 Å². The van der Waals surface area contributed by atoms with Gasteiger partial charge in [-0.25, -0.2) is 4.98 Å². The molecule has 3 aromatic rings. The summed E-state index contributed by atoms with van der Waals surface area (Å²) in [5.74, 6) is 0.112. The first-order valence-corrected chi connectivity index (χ1v) is 10.4. The van der Waals surface area contributed by atoms with Gasteiger partial charge >= 0.3 is 0 Å². The molecule has 1 unspecified atom stereocenters. The number of amides is 1. The van der Waals surface area contributed by atoms with Crippen molar-refractivity contribution in [3.05, 3.63) is 63.1 Å². The van der Waals surface area contributed by atoms with E-state index < -0.39 is 0 Å². The molecular weight excluding hydrogens is 469 g/mol. The van der Waals surface area contributed by atoms with Crippen molar-refractivity contribution in [2.75, 3.05) is 23.4 Å². The first-order chi connectivity index (χ1) is 14.0. The first kappa shape index (κ1) is 22.7. The van der Waals surface area contributed by atoms with Crippen molar-refractivity contribution in [1.82, 2.24) is 4.98 Å². The number of halogens is 3. The summed E-state index contributed by atoms with van der Waals surface area (Å²) in [5, 5.41) is 14.2. The minimum absolute atomic E-state index is 0. The summed E-state index contributed by atoms with van der Waals surface area (Å²) < 4.78 is 5.89. The summed E-state index contributed by atoms with van der Waals surface area (Å²) in [6, 6.07) is 9.91. The SMILES string of the molecule is Cc1cnc(N2c3cccc(C(=O)Nc4ccc(Cl)c(Cl)c4)c3OCC2CO)s1.Cl. The van der Waals surface area contributed by atoms with E-state index in [0.717, 1.165) is 10.0 Å². The minimum atomic E-state index is -0.335. The van der Waals surface area contributed by atoms with Gasteiger partial charge in [-0.05, 0) is 37.3 Å². The van der Waals surface area contributed by atoms with Crippen LogP contribution in [0, 0.1) is 6.92 Å². The number of nitrogens with one attached hydrogen (secondary N) is 1. The van der Waals surface area contributed by atoms with Gasteiger partial charge in [0, 0.05) is 16.8 Å². The summed E-state index contributed by atoms with van der Waals surface area (Å²) in [5.41, 5.74) is 1.59. The number of hydrogen-bond donors (Lipinski definition) is 2. The fraction of sp³-hybridized carbons (Fsp3) is 0.200. The Hall–Kier alpha value is -2.03. The molecule has 158 valence electrons. The lowest BCUT2D eigenvalue weighted by Gasteiger charge is -2.36. The van der Waals surface area contributed by atoms with Crippen molar-refractivity contribution in [1.29, 1.82) is 0 Å². The number of thiazole rings is 1. The molecule has 1 aliphatic heterocycles. The zero-order chi connectivity index (χ0) is 20.5. The standard InChI is InChI=1S/C20H17Cl2N3O3S.ClH/c1-11-8-23-20(29-11)25-13(9-26)10-28-18-14(3-2-4-17(18)25)19(27)24-12-5-6-15(21)16(22)7-12;/h2-8,13,26H,9-10H2,1H3,(H,24,27);1H. The van der Waals surface area contributed by atoms with Crippen molar-refractivity contribution >= 4 is 69.4 Å². The van der Waals surface area contributed by atoms with Gasteiger partial charge in [-0.3, -0.25) is 4.79 Å². The molecule has 1 amide bonds. The van der Waals surface area contributed by atoms with Gasteiger partial charge in [-0.2, -0.15) is 0 Å². The van der Waals surface area contributed by atoms with Crippen molar-refractivity contribution in [3.63, 3.8) is 0 Å². The Kier molecular flexibility index (Phi) is 7.10. The number of anilines is 3. The number of ether oxygens (including phenoxy) is 1. The first-order valence-electron chi connectivity index (χ1n) is 8.82. The molecule has 0 aliphatic carbocycles. The second kappa shape index (κ2) is 9.41. The molecule has 1 aliphatic rings. The van der Waals surface area contributed by atoms with Crippen molar-refractivity contribution in [2.45, 2.75) is 13.0 Å². The lowest BCUT2D eigenvalue weighted by atomic mass is 10.1. The molecule has 10 heteroatoms. The number of benzene rings is 2. The molecule has 30 heavy (non-hydrogen) atoms. The molecule has 0 saturated carbocycles. The highest BCUT2D eigenvalue weighted by Gasteiger charge is 2.32. The quantitative estimate of drug-likeness (QED) is 0.522. The average molecular weight is 487 g/mol. The summed E-state index contributed by atoms with van der Waals surface area (Å²) in [4.78, 5) is 20.4. The highest BCUT2D eigenvalue weighted by molar-refractivity contribution is 7.15. The van der Waals surface area contributed by atoms with Gasteiger partial charge in [0.2, 0.25) is 0 Å². The maximum absolute atomic E-state index is 12.9. The zero-order valence-corrected chi connectivity index (χ0v) is 18.9. The Labute approximate surface area is 193 Å². The number of nitrogens with zero attached hydrogens (tertiary/aromatic N) is 2. The van der Waals surface area contributed by atoms with Gasteiger partial charge in [0.1, 0.15) is 6.61 Å². The van der Waals surface area contributed by atoms with E-state index in [1.165, 1.54) is 11.3 Å². The van der Waals surface area contributed by atoms with Gasteiger partial charge < -0.3 is 20.1 Å². The highest BCUT2D eigenvalue weighted by atomic mass is 35.5. The van der Waals surface area contributed by atoms with E-state index >= 15 is 0 Å². The monoisotopic (exact) mass is 485 g/mol.